The summed E-state index contributed by atoms with van der Waals surface area (Å²) in [5, 5.41) is 0. The molecule has 0 amide bonds. The van der Waals surface area contributed by atoms with Gasteiger partial charge in [0.1, 0.15) is 0 Å². The lowest BCUT2D eigenvalue weighted by Crippen LogP contribution is -2.36. The molecule has 0 aliphatic carbocycles. The zero-order chi connectivity index (χ0) is 21.8. The first-order valence-corrected chi connectivity index (χ1v) is 16.3. The number of hydrogen-bond donors (Lipinski definition) is 0. The van der Waals surface area contributed by atoms with E-state index in [1.807, 2.05) is 0 Å². The second-order valence-corrected chi connectivity index (χ2v) is 19.2. The van der Waals surface area contributed by atoms with Gasteiger partial charge in [-0.1, -0.05) is 0 Å². The third kappa shape index (κ3) is 5.51. The van der Waals surface area contributed by atoms with Crippen molar-refractivity contribution in [2.45, 2.75) is 6.23 Å². The lowest BCUT2D eigenvalue weighted by molar-refractivity contribution is 0.585. The minimum atomic E-state index is -1.92. The van der Waals surface area contributed by atoms with Crippen LogP contribution in [0, 0.1) is 0 Å². The fraction of sp³-hybridized carbons (Fsp3) is 0.143. The van der Waals surface area contributed by atoms with Crippen LogP contribution in [0.1, 0.15) is 11.1 Å². The molecule has 0 fully saturated rings. The molecule has 0 aliphatic rings. The van der Waals surface area contributed by atoms with Gasteiger partial charge in [-0.3, -0.25) is 0 Å². The van der Waals surface area contributed by atoms with E-state index < -0.39 is 17.4 Å². The summed E-state index contributed by atoms with van der Waals surface area (Å²) in [4.78, 5) is 0. The maximum atomic E-state index is 13.6. The number of halogens is 12. The topological polar surface area (TPSA) is 23.1 Å². The summed E-state index contributed by atoms with van der Waals surface area (Å²) < 4.78 is 16.3. The van der Waals surface area contributed by atoms with Gasteiger partial charge in [0.2, 0.25) is 0 Å². The van der Waals surface area contributed by atoms with E-state index in [1.165, 1.54) is 0 Å². The Balaban J connectivity index is 2.66. The van der Waals surface area contributed by atoms with Crippen LogP contribution in [-0.2, 0) is 17.4 Å². The van der Waals surface area contributed by atoms with Crippen molar-refractivity contribution in [2.75, 3.05) is 0 Å². The molecule has 0 saturated heterocycles. The van der Waals surface area contributed by atoms with Crippen LogP contribution in [0.25, 0.3) is 0 Å². The van der Waals surface area contributed by atoms with Crippen molar-refractivity contribution in [3.63, 3.8) is 0 Å². The molecular formula is C14H2Br10Cl2OS. The number of alkyl halides is 4. The summed E-state index contributed by atoms with van der Waals surface area (Å²) in [6.45, 7) is 0. The van der Waals surface area contributed by atoms with Crippen molar-refractivity contribution in [3.05, 3.63) is 59.0 Å². The Labute approximate surface area is 259 Å². The molecular weight excluding hydrogens is 1090 g/mol. The molecule has 28 heavy (non-hydrogen) atoms. The average Bonchev–Trinajstić information content (AvgIpc) is 2.62. The second-order valence-electron chi connectivity index (χ2n) is 5.00. The predicted molar refractivity (Wildman–Crippen MR) is 156 cm³/mol. The van der Waals surface area contributed by atoms with Gasteiger partial charge in [-0.05, 0) is 195 Å². The Morgan fingerprint density at radius 2 is 0.893 bits per heavy atom. The lowest BCUT2D eigenvalue weighted by atomic mass is 10.2. The van der Waals surface area contributed by atoms with Gasteiger partial charge in [0, 0.05) is 47.0 Å². The summed E-state index contributed by atoms with van der Waals surface area (Å²) in [5.41, 5.74) is 1.04. The molecule has 14 heteroatoms. The smallest absolute Gasteiger partial charge is 0.281 e. The van der Waals surface area contributed by atoms with Crippen LogP contribution in [-0.4, -0.2) is 4.55 Å². The summed E-state index contributed by atoms with van der Waals surface area (Å²) in [6.07, 6.45) is 0. The van der Waals surface area contributed by atoms with Crippen molar-refractivity contribution in [1.29, 1.82) is 0 Å². The van der Waals surface area contributed by atoms with Crippen LogP contribution in [0.4, 0.5) is 0 Å². The van der Waals surface area contributed by atoms with Crippen LogP contribution in [0.2, 0.25) is 0 Å². The minimum absolute atomic E-state index is 0.519. The van der Waals surface area contributed by atoms with E-state index in [2.05, 4.69) is 159 Å². The van der Waals surface area contributed by atoms with Crippen LogP contribution >= 0.6 is 183 Å². The highest BCUT2D eigenvalue weighted by Gasteiger charge is 2.55. The third-order valence-electron chi connectivity index (χ3n) is 3.30. The zero-order valence-electron chi connectivity index (χ0n) is 12.5. The molecule has 154 valence electrons. The number of benzene rings is 2. The van der Waals surface area contributed by atoms with Crippen molar-refractivity contribution < 1.29 is 4.55 Å². The van der Waals surface area contributed by atoms with Gasteiger partial charge in [0.15, 0.2) is 0 Å². The van der Waals surface area contributed by atoms with E-state index in [4.69, 9.17) is 23.2 Å². The molecule has 0 heterocycles. The maximum Gasteiger partial charge on any atom is 0.281 e. The van der Waals surface area contributed by atoms with E-state index in [0.29, 0.717) is 29.0 Å². The van der Waals surface area contributed by atoms with E-state index in [9.17, 15) is 4.55 Å². The first-order valence-electron chi connectivity index (χ1n) is 6.50. The fourth-order valence-electron chi connectivity index (χ4n) is 1.93. The molecule has 2 unspecified atom stereocenters. The van der Waals surface area contributed by atoms with Gasteiger partial charge in [-0.15, -0.1) is 0 Å². The Morgan fingerprint density at radius 3 is 1.18 bits per heavy atom. The van der Waals surface area contributed by atoms with Crippen LogP contribution in [0.15, 0.2) is 47.9 Å². The monoisotopic (exact) mass is 1080 g/mol. The quantitative estimate of drug-likeness (QED) is 0.130. The Hall–Kier alpha value is 4.13. The van der Waals surface area contributed by atoms with E-state index >= 15 is 0 Å². The van der Waals surface area contributed by atoms with E-state index in [1.54, 1.807) is 12.1 Å². The summed E-state index contributed by atoms with van der Waals surface area (Å²) >= 11 is 46.3. The van der Waals surface area contributed by atoms with Crippen LogP contribution in [0.5, 0.6) is 0 Å². The molecule has 0 saturated carbocycles. The van der Waals surface area contributed by atoms with Gasteiger partial charge in [0.25, 0.3) is 6.23 Å². The van der Waals surface area contributed by atoms with Gasteiger partial charge in [0.05, 0.1) is 11.1 Å². The zero-order valence-corrected chi connectivity index (χ0v) is 30.7. The SMILES string of the molecule is [O-][S+](C(Cl)(Br)c1cc(Br)c(Br)c(Br)c1Br)C(Cl)(Br)c1cc(Br)c(Br)c(Br)c1Br. The molecule has 2 aromatic carbocycles. The summed E-state index contributed by atoms with van der Waals surface area (Å²) in [6, 6.07) is 3.50. The molecule has 2 rings (SSSR count). The van der Waals surface area contributed by atoms with Crippen molar-refractivity contribution in [3.8, 4) is 0 Å². The largest absolute Gasteiger partial charge is 0.612 e. The Morgan fingerprint density at radius 1 is 0.607 bits per heavy atom. The summed E-state index contributed by atoms with van der Waals surface area (Å²) in [7, 11) is 0. The van der Waals surface area contributed by atoms with Gasteiger partial charge in [-0.2, -0.15) is 0 Å². The molecule has 2 atom stereocenters. The minimum Gasteiger partial charge on any atom is -0.612 e. The highest BCUT2D eigenvalue weighted by molar-refractivity contribution is 9.16. The molecule has 0 aromatic heterocycles. The lowest BCUT2D eigenvalue weighted by Gasteiger charge is -2.34. The van der Waals surface area contributed by atoms with Gasteiger partial charge >= 0.3 is 0 Å². The fourth-order valence-corrected chi connectivity index (χ4v) is 13.0. The van der Waals surface area contributed by atoms with E-state index in [0.717, 1.165) is 17.9 Å². The molecule has 0 N–H and O–H groups in total. The molecule has 0 bridgehead atoms. The highest BCUT2D eigenvalue weighted by atomic mass is 79.9. The van der Waals surface area contributed by atoms with Crippen LogP contribution < -0.4 is 0 Å². The molecule has 1 nitrogen and oxygen atoms in total. The Bertz CT molecular complexity index is 877. The van der Waals surface area contributed by atoms with Crippen molar-refractivity contribution in [1.82, 2.24) is 0 Å². The normalized spacial score (nSPS) is 17.2. The van der Waals surface area contributed by atoms with E-state index in [-0.39, 0.29) is 0 Å². The highest BCUT2D eigenvalue weighted by Crippen LogP contribution is 2.59. The van der Waals surface area contributed by atoms with Crippen molar-refractivity contribution >= 4 is 194 Å². The van der Waals surface area contributed by atoms with Crippen molar-refractivity contribution in [2.24, 2.45) is 0 Å². The second kappa shape index (κ2) is 10.8. The maximum absolute atomic E-state index is 13.6. The molecule has 0 radical (unpaired) electrons. The first-order chi connectivity index (χ1) is 12.7. The molecule has 0 aliphatic heterocycles. The average molecular weight is 1090 g/mol. The molecule has 0 spiro atoms. The number of hydrogen-bond acceptors (Lipinski definition) is 1. The standard InChI is InChI=1S/C14H2Br10Cl2OS/c15-5-1-3(7(17)11(21)9(5)19)13(23,25)28(27)14(24,26)4-2-6(16)10(20)12(22)8(4)18/h1-2H. The summed E-state index contributed by atoms with van der Waals surface area (Å²) in [5.74, 6) is 0. The Kier molecular flexibility index (Phi) is 11.0. The molecule has 2 aromatic rings. The first kappa shape index (κ1) is 28.4. The number of rotatable bonds is 4. The van der Waals surface area contributed by atoms with Gasteiger partial charge in [-0.25, -0.2) is 0 Å². The predicted octanol–water partition coefficient (Wildman–Crippen LogP) is 11.7. The third-order valence-corrected chi connectivity index (χ3v) is 17.9. The van der Waals surface area contributed by atoms with Gasteiger partial charge < -0.3 is 4.55 Å². The van der Waals surface area contributed by atoms with Crippen LogP contribution in [0.3, 0.4) is 0 Å².